The van der Waals surface area contributed by atoms with Crippen LogP contribution in [0, 0.1) is 12.3 Å². The van der Waals surface area contributed by atoms with Crippen molar-refractivity contribution in [2.75, 3.05) is 7.11 Å². The second-order valence-corrected chi connectivity index (χ2v) is 4.00. The van der Waals surface area contributed by atoms with Crippen LogP contribution < -0.4 is 0 Å². The molecule has 0 saturated carbocycles. The van der Waals surface area contributed by atoms with Crippen LogP contribution >= 0.6 is 0 Å². The van der Waals surface area contributed by atoms with E-state index in [1.165, 1.54) is 6.20 Å². The average molecular weight is 244 g/mol. The van der Waals surface area contributed by atoms with Crippen LogP contribution in [0.4, 0.5) is 0 Å². The molecule has 0 saturated heterocycles. The van der Waals surface area contributed by atoms with Gasteiger partial charge in [-0.2, -0.15) is 0 Å². The zero-order valence-corrected chi connectivity index (χ0v) is 10.1. The maximum atomic E-state index is 12.1. The molecule has 5 heteroatoms. The molecule has 1 unspecified atom stereocenters. The summed E-state index contributed by atoms with van der Waals surface area (Å²) >= 11 is 0. The summed E-state index contributed by atoms with van der Waals surface area (Å²) in [6.45, 7) is 1.96. The molecule has 2 amide bonds. The van der Waals surface area contributed by atoms with Gasteiger partial charge >= 0.3 is 0 Å². The van der Waals surface area contributed by atoms with Gasteiger partial charge in [-0.1, -0.05) is 5.92 Å². The van der Waals surface area contributed by atoms with E-state index in [0.29, 0.717) is 6.61 Å². The van der Waals surface area contributed by atoms with Crippen LogP contribution in [-0.2, 0) is 11.3 Å². The van der Waals surface area contributed by atoms with Gasteiger partial charge in [-0.05, 0) is 18.6 Å². The van der Waals surface area contributed by atoms with E-state index >= 15 is 0 Å². The van der Waals surface area contributed by atoms with Gasteiger partial charge in [-0.15, -0.1) is 6.42 Å². The van der Waals surface area contributed by atoms with Crippen LogP contribution in [0.25, 0.3) is 0 Å². The standard InChI is InChI=1S/C13H12N2O3/c1-4-8(2)15-12(16)10-5-9(7-18-3)6-14-11(10)13(15)17/h1,5-6,8H,7H2,2-3H3. The van der Waals surface area contributed by atoms with Crippen LogP contribution in [0.3, 0.4) is 0 Å². The number of nitrogens with zero attached hydrogens (tertiary/aromatic N) is 2. The zero-order valence-electron chi connectivity index (χ0n) is 10.1. The lowest BCUT2D eigenvalue weighted by molar-refractivity contribution is 0.0628. The fourth-order valence-corrected chi connectivity index (χ4v) is 1.85. The summed E-state index contributed by atoms with van der Waals surface area (Å²) in [5, 5.41) is 0. The molecule has 2 rings (SSSR count). The number of aromatic nitrogens is 1. The molecule has 1 aliphatic heterocycles. The highest BCUT2D eigenvalue weighted by Crippen LogP contribution is 2.23. The Morgan fingerprint density at radius 3 is 2.83 bits per heavy atom. The first-order valence-electron chi connectivity index (χ1n) is 5.42. The lowest BCUT2D eigenvalue weighted by Crippen LogP contribution is -2.37. The van der Waals surface area contributed by atoms with Gasteiger partial charge in [-0.3, -0.25) is 14.5 Å². The smallest absolute Gasteiger partial charge is 0.281 e. The van der Waals surface area contributed by atoms with Crippen molar-refractivity contribution in [1.82, 2.24) is 9.88 Å². The molecule has 1 aromatic heterocycles. The van der Waals surface area contributed by atoms with Crippen molar-refractivity contribution in [3.8, 4) is 12.3 Å². The van der Waals surface area contributed by atoms with Crippen LogP contribution in [0.15, 0.2) is 12.3 Å². The molecular formula is C13H12N2O3. The monoisotopic (exact) mass is 244 g/mol. The van der Waals surface area contributed by atoms with Gasteiger partial charge in [0.1, 0.15) is 5.69 Å². The minimum Gasteiger partial charge on any atom is -0.380 e. The molecule has 5 nitrogen and oxygen atoms in total. The Morgan fingerprint density at radius 1 is 1.50 bits per heavy atom. The van der Waals surface area contributed by atoms with Crippen LogP contribution in [-0.4, -0.2) is 34.8 Å². The molecule has 0 aliphatic carbocycles. The third-order valence-corrected chi connectivity index (χ3v) is 2.75. The number of methoxy groups -OCH3 is 1. The van der Waals surface area contributed by atoms with Crippen molar-refractivity contribution in [3.63, 3.8) is 0 Å². The fraction of sp³-hybridized carbons (Fsp3) is 0.308. The van der Waals surface area contributed by atoms with E-state index < -0.39 is 17.9 Å². The summed E-state index contributed by atoms with van der Waals surface area (Å²) in [6.07, 6.45) is 6.78. The second kappa shape index (κ2) is 4.59. The summed E-state index contributed by atoms with van der Waals surface area (Å²) in [5.74, 6) is 1.54. The number of hydrogen-bond donors (Lipinski definition) is 0. The SMILES string of the molecule is C#CC(C)N1C(=O)c2cc(COC)cnc2C1=O. The third kappa shape index (κ3) is 1.77. The number of ether oxygens (including phenoxy) is 1. The topological polar surface area (TPSA) is 59.5 Å². The van der Waals surface area contributed by atoms with Gasteiger partial charge in [0.2, 0.25) is 0 Å². The molecule has 2 heterocycles. The number of fused-ring (bicyclic) bond motifs is 1. The van der Waals surface area contributed by atoms with Gasteiger partial charge in [0, 0.05) is 13.3 Å². The van der Waals surface area contributed by atoms with Gasteiger partial charge in [0.15, 0.2) is 0 Å². The van der Waals surface area contributed by atoms with Gasteiger partial charge in [-0.25, -0.2) is 4.98 Å². The number of imide groups is 1. The Bertz CT molecular complexity index is 560. The zero-order chi connectivity index (χ0) is 13.3. The van der Waals surface area contributed by atoms with E-state index in [9.17, 15) is 9.59 Å². The fourth-order valence-electron chi connectivity index (χ4n) is 1.85. The molecule has 18 heavy (non-hydrogen) atoms. The predicted octanol–water partition coefficient (Wildman–Crippen LogP) is 0.846. The quantitative estimate of drug-likeness (QED) is 0.584. The largest absolute Gasteiger partial charge is 0.380 e. The van der Waals surface area contributed by atoms with Crippen LogP contribution in [0.5, 0.6) is 0 Å². The Hall–Kier alpha value is -2.19. The number of carbonyl (C=O) groups is 2. The molecule has 1 aromatic rings. The van der Waals surface area contributed by atoms with E-state index in [0.717, 1.165) is 10.5 Å². The van der Waals surface area contributed by atoms with Crippen LogP contribution in [0.1, 0.15) is 33.3 Å². The van der Waals surface area contributed by atoms with Gasteiger partial charge in [0.25, 0.3) is 11.8 Å². The second-order valence-electron chi connectivity index (χ2n) is 4.00. The van der Waals surface area contributed by atoms with Crippen molar-refractivity contribution in [1.29, 1.82) is 0 Å². The van der Waals surface area contributed by atoms with Crippen molar-refractivity contribution >= 4 is 11.8 Å². The van der Waals surface area contributed by atoms with Gasteiger partial charge < -0.3 is 4.74 Å². The number of amides is 2. The van der Waals surface area contributed by atoms with E-state index in [2.05, 4.69) is 10.9 Å². The summed E-state index contributed by atoms with van der Waals surface area (Å²) in [4.78, 5) is 29.2. The molecule has 0 N–H and O–H groups in total. The summed E-state index contributed by atoms with van der Waals surface area (Å²) in [5.41, 5.74) is 1.19. The number of hydrogen-bond acceptors (Lipinski definition) is 4. The third-order valence-electron chi connectivity index (χ3n) is 2.75. The van der Waals surface area contributed by atoms with E-state index in [-0.39, 0.29) is 11.3 Å². The molecule has 0 aromatic carbocycles. The number of terminal acetylenes is 1. The minimum atomic E-state index is -0.579. The highest BCUT2D eigenvalue weighted by molar-refractivity contribution is 6.20. The van der Waals surface area contributed by atoms with E-state index in [1.54, 1.807) is 20.1 Å². The Kier molecular flexibility index (Phi) is 3.13. The molecule has 0 radical (unpaired) electrons. The molecule has 0 spiro atoms. The summed E-state index contributed by atoms with van der Waals surface area (Å²) < 4.78 is 4.96. The first-order valence-corrected chi connectivity index (χ1v) is 5.42. The maximum Gasteiger partial charge on any atom is 0.281 e. The number of pyridine rings is 1. The maximum absolute atomic E-state index is 12.1. The normalized spacial score (nSPS) is 15.5. The molecule has 1 atom stereocenters. The Morgan fingerprint density at radius 2 is 2.22 bits per heavy atom. The minimum absolute atomic E-state index is 0.155. The highest BCUT2D eigenvalue weighted by atomic mass is 16.5. The van der Waals surface area contributed by atoms with Crippen molar-refractivity contribution in [2.24, 2.45) is 0 Å². The Balaban J connectivity index is 2.43. The van der Waals surface area contributed by atoms with Crippen molar-refractivity contribution < 1.29 is 14.3 Å². The van der Waals surface area contributed by atoms with E-state index in [4.69, 9.17) is 11.2 Å². The highest BCUT2D eigenvalue weighted by Gasteiger charge is 2.39. The first kappa shape index (κ1) is 12.3. The molecule has 0 fully saturated rings. The molecular weight excluding hydrogens is 232 g/mol. The first-order chi connectivity index (χ1) is 8.60. The van der Waals surface area contributed by atoms with E-state index in [1.807, 2.05) is 0 Å². The lowest BCUT2D eigenvalue weighted by Gasteiger charge is -2.16. The summed E-state index contributed by atoms with van der Waals surface area (Å²) in [6, 6.07) is 1.04. The van der Waals surface area contributed by atoms with Crippen LogP contribution in [0.2, 0.25) is 0 Å². The number of rotatable bonds is 3. The van der Waals surface area contributed by atoms with Gasteiger partial charge in [0.05, 0.1) is 18.2 Å². The Labute approximate surface area is 105 Å². The van der Waals surface area contributed by atoms with Crippen molar-refractivity contribution in [3.05, 3.63) is 29.1 Å². The predicted molar refractivity (Wildman–Crippen MR) is 63.7 cm³/mol. The molecule has 0 bridgehead atoms. The average Bonchev–Trinajstić information content (AvgIpc) is 2.61. The van der Waals surface area contributed by atoms with Crippen molar-refractivity contribution in [2.45, 2.75) is 19.6 Å². The summed E-state index contributed by atoms with van der Waals surface area (Å²) in [7, 11) is 1.55. The molecule has 1 aliphatic rings. The number of carbonyl (C=O) groups excluding carboxylic acids is 2. The lowest BCUT2D eigenvalue weighted by atomic mass is 10.1. The molecule has 92 valence electrons.